The maximum absolute atomic E-state index is 6.20. The quantitative estimate of drug-likeness (QED) is 0.870. The van der Waals surface area contributed by atoms with E-state index in [-0.39, 0.29) is 6.04 Å². The Balaban J connectivity index is 2.24. The fourth-order valence-corrected chi connectivity index (χ4v) is 2.48. The van der Waals surface area contributed by atoms with Gasteiger partial charge in [0.25, 0.3) is 0 Å². The Morgan fingerprint density at radius 3 is 2.56 bits per heavy atom. The second-order valence-corrected chi connectivity index (χ2v) is 5.18. The lowest BCUT2D eigenvalue weighted by molar-refractivity contribution is 0.881. The van der Waals surface area contributed by atoms with Gasteiger partial charge in [-0.15, -0.1) is 0 Å². The number of aryl methyl sites for hydroxylation is 2. The molecule has 0 aliphatic heterocycles. The molecule has 3 nitrogen and oxygen atoms in total. The lowest BCUT2D eigenvalue weighted by atomic mass is 10.1. The van der Waals surface area contributed by atoms with Crippen LogP contribution in [0.15, 0.2) is 18.2 Å². The lowest BCUT2D eigenvalue weighted by Crippen LogP contribution is -2.08. The van der Waals surface area contributed by atoms with Crippen molar-refractivity contribution in [3.05, 3.63) is 45.2 Å². The summed E-state index contributed by atoms with van der Waals surface area (Å²) >= 11 is 12.1. The van der Waals surface area contributed by atoms with Crippen molar-refractivity contribution in [3.63, 3.8) is 0 Å². The zero-order valence-corrected chi connectivity index (χ0v) is 12.0. The number of H-pyrrole nitrogens is 1. The van der Waals surface area contributed by atoms with Gasteiger partial charge in [-0.05, 0) is 38.5 Å². The number of hydrogen-bond donors (Lipinski definition) is 2. The molecule has 1 aromatic carbocycles. The second kappa shape index (κ2) is 5.21. The molecule has 18 heavy (non-hydrogen) atoms. The highest BCUT2D eigenvalue weighted by atomic mass is 35.5. The molecule has 1 aromatic heterocycles. The number of rotatable bonds is 3. The first kappa shape index (κ1) is 13.2. The SMILES string of the molecule is Cc1n[nH]c(C)c1NC(C)c1ccc(Cl)cc1Cl. The van der Waals surface area contributed by atoms with E-state index < -0.39 is 0 Å². The van der Waals surface area contributed by atoms with Gasteiger partial charge < -0.3 is 5.32 Å². The molecule has 0 saturated heterocycles. The first-order valence-corrected chi connectivity index (χ1v) is 6.47. The molecular formula is C13H15Cl2N3. The van der Waals surface area contributed by atoms with Crippen molar-refractivity contribution in [1.82, 2.24) is 10.2 Å². The molecule has 1 atom stereocenters. The van der Waals surface area contributed by atoms with Gasteiger partial charge in [-0.1, -0.05) is 29.3 Å². The summed E-state index contributed by atoms with van der Waals surface area (Å²) < 4.78 is 0. The summed E-state index contributed by atoms with van der Waals surface area (Å²) in [6.45, 7) is 6.00. The summed E-state index contributed by atoms with van der Waals surface area (Å²) in [5.41, 5.74) is 4.00. The van der Waals surface area contributed by atoms with Gasteiger partial charge >= 0.3 is 0 Å². The normalized spacial score (nSPS) is 12.5. The number of nitrogens with zero attached hydrogens (tertiary/aromatic N) is 1. The third kappa shape index (κ3) is 2.62. The molecule has 0 fully saturated rings. The van der Waals surface area contributed by atoms with Gasteiger partial charge in [0.2, 0.25) is 0 Å². The van der Waals surface area contributed by atoms with Crippen LogP contribution in [0.25, 0.3) is 0 Å². The molecule has 0 aliphatic carbocycles. The molecule has 0 radical (unpaired) electrons. The first-order chi connectivity index (χ1) is 8.49. The van der Waals surface area contributed by atoms with Crippen LogP contribution < -0.4 is 5.32 Å². The molecule has 96 valence electrons. The Labute approximate surface area is 117 Å². The number of halogens is 2. The third-order valence-electron chi connectivity index (χ3n) is 2.92. The number of nitrogens with one attached hydrogen (secondary N) is 2. The van der Waals surface area contributed by atoms with Crippen molar-refractivity contribution in [1.29, 1.82) is 0 Å². The van der Waals surface area contributed by atoms with E-state index in [9.17, 15) is 0 Å². The molecule has 2 aromatic rings. The van der Waals surface area contributed by atoms with Crippen molar-refractivity contribution in [2.75, 3.05) is 5.32 Å². The summed E-state index contributed by atoms with van der Waals surface area (Å²) in [7, 11) is 0. The van der Waals surface area contributed by atoms with E-state index in [0.29, 0.717) is 10.0 Å². The predicted molar refractivity (Wildman–Crippen MR) is 76.6 cm³/mol. The van der Waals surface area contributed by atoms with Crippen molar-refractivity contribution in [2.45, 2.75) is 26.8 Å². The Bertz CT molecular complexity index is 544. The van der Waals surface area contributed by atoms with E-state index >= 15 is 0 Å². The molecule has 0 spiro atoms. The van der Waals surface area contributed by atoms with Gasteiger partial charge in [-0.3, -0.25) is 5.10 Å². The summed E-state index contributed by atoms with van der Waals surface area (Å²) in [5, 5.41) is 11.8. The highest BCUT2D eigenvalue weighted by Crippen LogP contribution is 2.29. The minimum atomic E-state index is 0.0877. The van der Waals surface area contributed by atoms with Crippen molar-refractivity contribution in [3.8, 4) is 0 Å². The van der Waals surface area contributed by atoms with E-state index in [4.69, 9.17) is 23.2 Å². The van der Waals surface area contributed by atoms with Crippen LogP contribution in [0, 0.1) is 13.8 Å². The smallest absolute Gasteiger partial charge is 0.0825 e. The molecule has 0 amide bonds. The van der Waals surface area contributed by atoms with Gasteiger partial charge in [0, 0.05) is 10.0 Å². The van der Waals surface area contributed by atoms with Crippen LogP contribution in [-0.4, -0.2) is 10.2 Å². The van der Waals surface area contributed by atoms with Crippen LogP contribution in [0.2, 0.25) is 10.0 Å². The van der Waals surface area contributed by atoms with Gasteiger partial charge in [-0.25, -0.2) is 0 Å². The number of aromatic amines is 1. The molecule has 2 rings (SSSR count). The lowest BCUT2D eigenvalue weighted by Gasteiger charge is -2.17. The maximum Gasteiger partial charge on any atom is 0.0825 e. The number of benzene rings is 1. The highest BCUT2D eigenvalue weighted by molar-refractivity contribution is 6.35. The third-order valence-corrected chi connectivity index (χ3v) is 3.48. The Morgan fingerprint density at radius 1 is 1.28 bits per heavy atom. The number of anilines is 1. The molecule has 2 N–H and O–H groups in total. The fraction of sp³-hybridized carbons (Fsp3) is 0.308. The summed E-state index contributed by atoms with van der Waals surface area (Å²) in [6.07, 6.45) is 0. The van der Waals surface area contributed by atoms with Crippen LogP contribution in [0.1, 0.15) is 29.9 Å². The molecule has 0 aliphatic rings. The summed E-state index contributed by atoms with van der Waals surface area (Å²) in [4.78, 5) is 0. The zero-order chi connectivity index (χ0) is 13.3. The van der Waals surface area contributed by atoms with Crippen molar-refractivity contribution in [2.24, 2.45) is 0 Å². The van der Waals surface area contributed by atoms with Crippen molar-refractivity contribution >= 4 is 28.9 Å². The van der Waals surface area contributed by atoms with Gasteiger partial charge in [0.05, 0.1) is 23.1 Å². The molecule has 0 saturated carbocycles. The standard InChI is InChI=1S/C13H15Cl2N3/c1-7(11-5-4-10(14)6-12(11)15)16-13-8(2)17-18-9(13)3/h4-7,16H,1-3H3,(H,17,18). The molecule has 0 bridgehead atoms. The second-order valence-electron chi connectivity index (χ2n) is 4.34. The van der Waals surface area contributed by atoms with Crippen LogP contribution in [0.4, 0.5) is 5.69 Å². The van der Waals surface area contributed by atoms with E-state index in [1.807, 2.05) is 26.0 Å². The maximum atomic E-state index is 6.20. The monoisotopic (exact) mass is 283 g/mol. The van der Waals surface area contributed by atoms with Crippen LogP contribution >= 0.6 is 23.2 Å². The minimum Gasteiger partial charge on any atom is -0.375 e. The van der Waals surface area contributed by atoms with E-state index in [0.717, 1.165) is 22.6 Å². The van der Waals surface area contributed by atoms with E-state index in [1.54, 1.807) is 6.07 Å². The topological polar surface area (TPSA) is 40.7 Å². The van der Waals surface area contributed by atoms with Crippen LogP contribution in [0.3, 0.4) is 0 Å². The molecule has 1 unspecified atom stereocenters. The molecule has 1 heterocycles. The Hall–Kier alpha value is -1.19. The van der Waals surface area contributed by atoms with E-state index in [1.165, 1.54) is 0 Å². The molecular weight excluding hydrogens is 269 g/mol. The molecule has 5 heteroatoms. The Morgan fingerprint density at radius 2 is 2.00 bits per heavy atom. The van der Waals surface area contributed by atoms with Crippen molar-refractivity contribution < 1.29 is 0 Å². The fourth-order valence-electron chi connectivity index (χ4n) is 1.91. The first-order valence-electron chi connectivity index (χ1n) is 5.72. The number of hydrogen-bond acceptors (Lipinski definition) is 2. The van der Waals surface area contributed by atoms with E-state index in [2.05, 4.69) is 22.4 Å². The largest absolute Gasteiger partial charge is 0.375 e. The Kier molecular flexibility index (Phi) is 3.83. The van der Waals surface area contributed by atoms with Crippen LogP contribution in [0.5, 0.6) is 0 Å². The average molecular weight is 284 g/mol. The summed E-state index contributed by atoms with van der Waals surface area (Å²) in [5.74, 6) is 0. The highest BCUT2D eigenvalue weighted by Gasteiger charge is 2.13. The van der Waals surface area contributed by atoms with Gasteiger partial charge in [0.15, 0.2) is 0 Å². The van der Waals surface area contributed by atoms with Crippen LogP contribution in [-0.2, 0) is 0 Å². The summed E-state index contributed by atoms with van der Waals surface area (Å²) in [6, 6.07) is 5.62. The van der Waals surface area contributed by atoms with Gasteiger partial charge in [-0.2, -0.15) is 5.10 Å². The average Bonchev–Trinajstić information content (AvgIpc) is 2.60. The number of aromatic nitrogens is 2. The predicted octanol–water partition coefficient (Wildman–Crippen LogP) is 4.51. The zero-order valence-electron chi connectivity index (χ0n) is 10.5. The minimum absolute atomic E-state index is 0.0877. The van der Waals surface area contributed by atoms with Gasteiger partial charge in [0.1, 0.15) is 0 Å².